The predicted molar refractivity (Wildman–Crippen MR) is 86.2 cm³/mol. The molecule has 0 bridgehead atoms. The van der Waals surface area contributed by atoms with Crippen molar-refractivity contribution >= 4 is 5.91 Å². The van der Waals surface area contributed by atoms with Crippen LogP contribution < -0.4 is 5.73 Å². The van der Waals surface area contributed by atoms with Crippen molar-refractivity contribution < 1.29 is 9.53 Å². The van der Waals surface area contributed by atoms with E-state index in [-0.39, 0.29) is 17.9 Å². The second-order valence-electron chi connectivity index (χ2n) is 6.73. The van der Waals surface area contributed by atoms with Gasteiger partial charge in [-0.1, -0.05) is 29.8 Å². The predicted octanol–water partition coefficient (Wildman–Crippen LogP) is 2.10. The van der Waals surface area contributed by atoms with Gasteiger partial charge in [-0.15, -0.1) is 0 Å². The molecule has 0 spiro atoms. The lowest BCUT2D eigenvalue weighted by atomic mass is 9.84. The van der Waals surface area contributed by atoms with E-state index in [0.717, 1.165) is 38.9 Å². The monoisotopic (exact) mass is 302 g/mol. The maximum absolute atomic E-state index is 11.5. The Balaban J connectivity index is 1.52. The summed E-state index contributed by atoms with van der Waals surface area (Å²) in [5.41, 5.74) is 8.18. The average Bonchev–Trinajstić information content (AvgIpc) is 3.00. The van der Waals surface area contributed by atoms with Crippen LogP contribution in [0.2, 0.25) is 0 Å². The number of aryl methyl sites for hydroxylation is 1. The molecule has 2 atom stereocenters. The molecule has 2 aliphatic rings. The quantitative estimate of drug-likeness (QED) is 0.926. The molecular weight excluding hydrogens is 276 g/mol. The van der Waals surface area contributed by atoms with E-state index in [1.54, 1.807) is 0 Å². The highest BCUT2D eigenvalue weighted by atomic mass is 16.5. The third-order valence-corrected chi connectivity index (χ3v) is 5.12. The molecule has 1 aromatic carbocycles. The van der Waals surface area contributed by atoms with Crippen LogP contribution in [0.15, 0.2) is 24.3 Å². The van der Waals surface area contributed by atoms with Gasteiger partial charge in [-0.25, -0.2) is 0 Å². The number of rotatable bonds is 4. The molecule has 22 heavy (non-hydrogen) atoms. The number of benzene rings is 1. The number of carbonyl (C=O) groups is 1. The molecule has 2 fully saturated rings. The summed E-state index contributed by atoms with van der Waals surface area (Å²) < 4.78 is 5.81. The normalized spacial score (nSPS) is 27.1. The SMILES string of the molecule is Cc1ccc(CN2CCC([C@H]3OCC[C@@H]3C(N)=O)CC2)cc1. The lowest BCUT2D eigenvalue weighted by molar-refractivity contribution is -0.124. The number of piperidine rings is 1. The molecule has 0 unspecified atom stereocenters. The lowest BCUT2D eigenvalue weighted by Gasteiger charge is -2.35. The third kappa shape index (κ3) is 3.50. The summed E-state index contributed by atoms with van der Waals surface area (Å²) in [4.78, 5) is 14.0. The number of hydrogen-bond donors (Lipinski definition) is 1. The van der Waals surface area contributed by atoms with Crippen molar-refractivity contribution in [2.45, 2.75) is 38.8 Å². The molecule has 4 nitrogen and oxygen atoms in total. The number of nitrogens with zero attached hydrogens (tertiary/aromatic N) is 1. The zero-order chi connectivity index (χ0) is 15.5. The van der Waals surface area contributed by atoms with Gasteiger partial charge in [-0.2, -0.15) is 0 Å². The third-order valence-electron chi connectivity index (χ3n) is 5.12. The van der Waals surface area contributed by atoms with E-state index in [4.69, 9.17) is 10.5 Å². The Hall–Kier alpha value is -1.39. The Kier molecular flexibility index (Phi) is 4.79. The van der Waals surface area contributed by atoms with Crippen LogP contribution in [0.3, 0.4) is 0 Å². The molecule has 2 aliphatic heterocycles. The van der Waals surface area contributed by atoms with Crippen LogP contribution in [-0.4, -0.2) is 36.6 Å². The van der Waals surface area contributed by atoms with Crippen molar-refractivity contribution in [1.82, 2.24) is 4.90 Å². The fourth-order valence-electron chi connectivity index (χ4n) is 3.77. The smallest absolute Gasteiger partial charge is 0.223 e. The first-order valence-electron chi connectivity index (χ1n) is 8.32. The van der Waals surface area contributed by atoms with Gasteiger partial charge in [0.1, 0.15) is 0 Å². The van der Waals surface area contributed by atoms with Crippen LogP contribution in [0.5, 0.6) is 0 Å². The largest absolute Gasteiger partial charge is 0.377 e. The number of hydrogen-bond acceptors (Lipinski definition) is 3. The Morgan fingerprint density at radius 2 is 1.91 bits per heavy atom. The van der Waals surface area contributed by atoms with Gasteiger partial charge in [-0.3, -0.25) is 9.69 Å². The van der Waals surface area contributed by atoms with E-state index >= 15 is 0 Å². The maximum atomic E-state index is 11.5. The van der Waals surface area contributed by atoms with Crippen molar-refractivity contribution in [2.75, 3.05) is 19.7 Å². The van der Waals surface area contributed by atoms with Gasteiger partial charge in [0.25, 0.3) is 0 Å². The molecule has 2 saturated heterocycles. The molecule has 0 aliphatic carbocycles. The van der Waals surface area contributed by atoms with Gasteiger partial charge in [0.05, 0.1) is 12.0 Å². The van der Waals surface area contributed by atoms with E-state index in [0.29, 0.717) is 12.5 Å². The molecule has 3 rings (SSSR count). The van der Waals surface area contributed by atoms with Crippen molar-refractivity contribution in [3.05, 3.63) is 35.4 Å². The molecule has 1 aromatic rings. The number of likely N-dealkylation sites (tertiary alicyclic amines) is 1. The molecular formula is C18H26N2O2. The summed E-state index contributed by atoms with van der Waals surface area (Å²) in [6.45, 7) is 5.96. The van der Waals surface area contributed by atoms with Crippen LogP contribution in [0.1, 0.15) is 30.4 Å². The highest BCUT2D eigenvalue weighted by Crippen LogP contribution is 2.33. The Morgan fingerprint density at radius 1 is 1.23 bits per heavy atom. The fourth-order valence-corrected chi connectivity index (χ4v) is 3.77. The molecule has 0 radical (unpaired) electrons. The molecule has 120 valence electrons. The summed E-state index contributed by atoms with van der Waals surface area (Å²) in [6, 6.07) is 8.77. The van der Waals surface area contributed by atoms with Crippen molar-refractivity contribution in [2.24, 2.45) is 17.6 Å². The van der Waals surface area contributed by atoms with E-state index in [2.05, 4.69) is 36.1 Å². The van der Waals surface area contributed by atoms with Gasteiger partial charge in [0.2, 0.25) is 5.91 Å². The number of nitrogens with two attached hydrogens (primary N) is 1. The topological polar surface area (TPSA) is 55.6 Å². The van der Waals surface area contributed by atoms with Gasteiger partial charge in [-0.05, 0) is 50.8 Å². The first-order chi connectivity index (χ1) is 10.6. The number of amides is 1. The minimum absolute atomic E-state index is 0.0547. The number of ether oxygens (including phenoxy) is 1. The van der Waals surface area contributed by atoms with Gasteiger partial charge in [0.15, 0.2) is 0 Å². The Morgan fingerprint density at radius 3 is 2.55 bits per heavy atom. The van der Waals surface area contributed by atoms with Crippen LogP contribution >= 0.6 is 0 Å². The molecule has 0 aromatic heterocycles. The zero-order valence-corrected chi connectivity index (χ0v) is 13.3. The highest BCUT2D eigenvalue weighted by Gasteiger charge is 2.39. The number of primary amides is 1. The van der Waals surface area contributed by atoms with E-state index in [1.165, 1.54) is 11.1 Å². The first kappa shape index (κ1) is 15.5. The van der Waals surface area contributed by atoms with Crippen molar-refractivity contribution in [3.8, 4) is 0 Å². The number of carbonyl (C=O) groups excluding carboxylic acids is 1. The molecule has 2 N–H and O–H groups in total. The van der Waals surface area contributed by atoms with Gasteiger partial charge < -0.3 is 10.5 Å². The van der Waals surface area contributed by atoms with E-state index in [9.17, 15) is 4.79 Å². The summed E-state index contributed by atoms with van der Waals surface area (Å²) in [5, 5.41) is 0. The van der Waals surface area contributed by atoms with E-state index in [1.807, 2.05) is 0 Å². The molecule has 1 amide bonds. The molecule has 4 heteroatoms. The molecule has 2 heterocycles. The average molecular weight is 302 g/mol. The summed E-state index contributed by atoms with van der Waals surface area (Å²) in [5.74, 6) is 0.215. The minimum Gasteiger partial charge on any atom is -0.377 e. The molecule has 0 saturated carbocycles. The fraction of sp³-hybridized carbons (Fsp3) is 0.611. The second kappa shape index (κ2) is 6.80. The van der Waals surface area contributed by atoms with Crippen molar-refractivity contribution in [3.63, 3.8) is 0 Å². The summed E-state index contributed by atoms with van der Waals surface area (Å²) in [7, 11) is 0. The van der Waals surface area contributed by atoms with Crippen LogP contribution in [0.25, 0.3) is 0 Å². The standard InChI is InChI=1S/C18H26N2O2/c1-13-2-4-14(5-3-13)12-20-9-6-15(7-10-20)17-16(18(19)21)8-11-22-17/h2-5,15-17H,6-12H2,1H3,(H2,19,21)/t16-,17+/m0/s1. The lowest BCUT2D eigenvalue weighted by Crippen LogP contribution is -2.41. The van der Waals surface area contributed by atoms with Crippen LogP contribution in [0.4, 0.5) is 0 Å². The zero-order valence-electron chi connectivity index (χ0n) is 13.3. The van der Waals surface area contributed by atoms with Gasteiger partial charge in [0, 0.05) is 13.2 Å². The van der Waals surface area contributed by atoms with E-state index < -0.39 is 0 Å². The Bertz CT molecular complexity index is 506. The van der Waals surface area contributed by atoms with Gasteiger partial charge >= 0.3 is 0 Å². The Labute approximate surface area is 132 Å². The van der Waals surface area contributed by atoms with Crippen LogP contribution in [-0.2, 0) is 16.1 Å². The summed E-state index contributed by atoms with van der Waals surface area (Å²) in [6.07, 6.45) is 3.04. The minimum atomic E-state index is -0.190. The maximum Gasteiger partial charge on any atom is 0.223 e. The van der Waals surface area contributed by atoms with Crippen molar-refractivity contribution in [1.29, 1.82) is 0 Å². The van der Waals surface area contributed by atoms with Crippen LogP contribution in [0, 0.1) is 18.8 Å². The summed E-state index contributed by atoms with van der Waals surface area (Å²) >= 11 is 0. The first-order valence-corrected chi connectivity index (χ1v) is 8.32. The highest BCUT2D eigenvalue weighted by molar-refractivity contribution is 5.77. The second-order valence-corrected chi connectivity index (χ2v) is 6.73.